The van der Waals surface area contributed by atoms with E-state index >= 15 is 0 Å². The standard InChI is InChI=1S/C16H15BrClI/c1-2-3-11-4-6-12(7-5-11)16(18)14-10-13(17)8-9-15(14)19/h4-10,16H,2-3H2,1H3. The molecule has 0 radical (unpaired) electrons. The van der Waals surface area contributed by atoms with Gasteiger partial charge in [-0.15, -0.1) is 11.6 Å². The maximum absolute atomic E-state index is 6.61. The largest absolute Gasteiger partial charge is 0.113 e. The third-order valence-corrected chi connectivity index (χ3v) is 5.00. The van der Waals surface area contributed by atoms with Crippen molar-refractivity contribution < 1.29 is 0 Å². The van der Waals surface area contributed by atoms with Gasteiger partial charge in [0.05, 0.1) is 5.38 Å². The van der Waals surface area contributed by atoms with Crippen molar-refractivity contribution in [3.63, 3.8) is 0 Å². The number of alkyl halides is 1. The Kier molecular flexibility index (Phi) is 5.72. The lowest BCUT2D eigenvalue weighted by molar-refractivity contribution is 0.920. The van der Waals surface area contributed by atoms with Gasteiger partial charge in [0, 0.05) is 8.04 Å². The van der Waals surface area contributed by atoms with E-state index in [9.17, 15) is 0 Å². The molecule has 0 N–H and O–H groups in total. The average Bonchev–Trinajstić information content (AvgIpc) is 2.42. The topological polar surface area (TPSA) is 0 Å². The van der Waals surface area contributed by atoms with Crippen LogP contribution in [0, 0.1) is 3.57 Å². The minimum atomic E-state index is -0.0972. The van der Waals surface area contributed by atoms with Gasteiger partial charge in [0.1, 0.15) is 0 Å². The molecule has 2 aromatic carbocycles. The Bertz CT molecular complexity index is 551. The predicted molar refractivity (Wildman–Crippen MR) is 95.0 cm³/mol. The van der Waals surface area contributed by atoms with Gasteiger partial charge in [0.15, 0.2) is 0 Å². The quantitative estimate of drug-likeness (QED) is 0.378. The minimum absolute atomic E-state index is 0.0972. The van der Waals surface area contributed by atoms with Crippen LogP contribution in [-0.2, 0) is 6.42 Å². The Balaban J connectivity index is 2.27. The summed E-state index contributed by atoms with van der Waals surface area (Å²) in [5, 5.41) is -0.0972. The van der Waals surface area contributed by atoms with Crippen LogP contribution in [0.1, 0.15) is 35.4 Å². The summed E-state index contributed by atoms with van der Waals surface area (Å²) in [4.78, 5) is 0. The first-order valence-electron chi connectivity index (χ1n) is 6.29. The van der Waals surface area contributed by atoms with Crippen molar-refractivity contribution >= 4 is 50.1 Å². The van der Waals surface area contributed by atoms with E-state index in [1.807, 2.05) is 6.07 Å². The van der Waals surface area contributed by atoms with Crippen LogP contribution in [0.2, 0.25) is 0 Å². The molecule has 3 heteroatoms. The molecule has 0 heterocycles. The van der Waals surface area contributed by atoms with E-state index in [0.717, 1.165) is 22.0 Å². The number of aryl methyl sites for hydroxylation is 1. The van der Waals surface area contributed by atoms with Gasteiger partial charge >= 0.3 is 0 Å². The van der Waals surface area contributed by atoms with Gasteiger partial charge in [0.2, 0.25) is 0 Å². The lowest BCUT2D eigenvalue weighted by Gasteiger charge is -2.13. The first-order chi connectivity index (χ1) is 9.11. The summed E-state index contributed by atoms with van der Waals surface area (Å²) in [7, 11) is 0. The van der Waals surface area contributed by atoms with Crippen LogP contribution in [0.15, 0.2) is 46.9 Å². The molecule has 0 aliphatic carbocycles. The van der Waals surface area contributed by atoms with Crippen molar-refractivity contribution in [1.82, 2.24) is 0 Å². The zero-order chi connectivity index (χ0) is 13.8. The summed E-state index contributed by atoms with van der Waals surface area (Å²) in [6.07, 6.45) is 2.30. The van der Waals surface area contributed by atoms with Crippen LogP contribution in [0.5, 0.6) is 0 Å². The van der Waals surface area contributed by atoms with Gasteiger partial charge in [-0.05, 0) is 63.9 Å². The zero-order valence-corrected chi connectivity index (χ0v) is 15.2. The Morgan fingerprint density at radius 2 is 1.84 bits per heavy atom. The zero-order valence-electron chi connectivity index (χ0n) is 10.7. The summed E-state index contributed by atoms with van der Waals surface area (Å²) < 4.78 is 2.26. The van der Waals surface area contributed by atoms with E-state index < -0.39 is 0 Å². The predicted octanol–water partition coefficient (Wildman–Crippen LogP) is 6.33. The van der Waals surface area contributed by atoms with Crippen LogP contribution >= 0.6 is 50.1 Å². The molecule has 0 fully saturated rings. The Hall–Kier alpha value is -0.0600. The molecular weight excluding hydrogens is 434 g/mol. The van der Waals surface area contributed by atoms with E-state index in [0.29, 0.717) is 0 Å². The monoisotopic (exact) mass is 448 g/mol. The Labute approximate surface area is 141 Å². The first-order valence-corrected chi connectivity index (χ1v) is 8.60. The number of hydrogen-bond acceptors (Lipinski definition) is 0. The molecule has 0 nitrogen and oxygen atoms in total. The Morgan fingerprint density at radius 3 is 2.47 bits per heavy atom. The van der Waals surface area contributed by atoms with E-state index in [4.69, 9.17) is 11.6 Å². The van der Waals surface area contributed by atoms with E-state index in [-0.39, 0.29) is 5.38 Å². The number of benzene rings is 2. The van der Waals surface area contributed by atoms with Crippen LogP contribution < -0.4 is 0 Å². The second-order valence-corrected chi connectivity index (χ2v) is 7.03. The van der Waals surface area contributed by atoms with Crippen molar-refractivity contribution in [3.8, 4) is 0 Å². The highest BCUT2D eigenvalue weighted by molar-refractivity contribution is 14.1. The second kappa shape index (κ2) is 7.09. The molecule has 0 aromatic heterocycles. The smallest absolute Gasteiger partial charge is 0.0846 e. The molecular formula is C16H15BrClI. The Morgan fingerprint density at radius 1 is 1.16 bits per heavy atom. The molecule has 0 saturated carbocycles. The van der Waals surface area contributed by atoms with Gasteiger partial charge in [-0.25, -0.2) is 0 Å². The number of rotatable bonds is 4. The lowest BCUT2D eigenvalue weighted by atomic mass is 10.0. The molecule has 1 unspecified atom stereocenters. The lowest BCUT2D eigenvalue weighted by Crippen LogP contribution is -1.97. The molecule has 1 atom stereocenters. The highest BCUT2D eigenvalue weighted by atomic mass is 127. The molecule has 0 amide bonds. The molecule has 100 valence electrons. The third kappa shape index (κ3) is 3.96. The average molecular weight is 450 g/mol. The summed E-state index contributed by atoms with van der Waals surface area (Å²) in [6.45, 7) is 2.20. The van der Waals surface area contributed by atoms with Crippen molar-refractivity contribution in [2.75, 3.05) is 0 Å². The maximum atomic E-state index is 6.61. The number of hydrogen-bond donors (Lipinski definition) is 0. The molecule has 0 spiro atoms. The molecule has 0 saturated heterocycles. The van der Waals surface area contributed by atoms with Crippen LogP contribution in [0.25, 0.3) is 0 Å². The van der Waals surface area contributed by atoms with Crippen LogP contribution in [0.4, 0.5) is 0 Å². The normalized spacial score (nSPS) is 12.4. The number of halogens is 3. The first kappa shape index (κ1) is 15.3. The fourth-order valence-corrected chi connectivity index (χ4v) is 3.57. The van der Waals surface area contributed by atoms with Crippen LogP contribution in [0.3, 0.4) is 0 Å². The molecule has 19 heavy (non-hydrogen) atoms. The molecule has 2 rings (SSSR count). The summed E-state index contributed by atoms with van der Waals surface area (Å²) >= 11 is 12.5. The van der Waals surface area contributed by atoms with E-state index in [1.165, 1.54) is 15.6 Å². The highest BCUT2D eigenvalue weighted by Gasteiger charge is 2.14. The van der Waals surface area contributed by atoms with Gasteiger partial charge in [0.25, 0.3) is 0 Å². The molecule has 2 aromatic rings. The van der Waals surface area contributed by atoms with E-state index in [2.05, 4.69) is 81.8 Å². The van der Waals surface area contributed by atoms with Crippen molar-refractivity contribution in [2.45, 2.75) is 25.1 Å². The van der Waals surface area contributed by atoms with Gasteiger partial charge in [-0.2, -0.15) is 0 Å². The maximum Gasteiger partial charge on any atom is 0.0846 e. The van der Waals surface area contributed by atoms with Crippen molar-refractivity contribution in [1.29, 1.82) is 0 Å². The highest BCUT2D eigenvalue weighted by Crippen LogP contribution is 2.33. The summed E-state index contributed by atoms with van der Waals surface area (Å²) in [6, 6.07) is 14.9. The van der Waals surface area contributed by atoms with Gasteiger partial charge in [-0.1, -0.05) is 53.5 Å². The van der Waals surface area contributed by atoms with Gasteiger partial charge in [-0.3, -0.25) is 0 Å². The third-order valence-electron chi connectivity index (χ3n) is 3.04. The van der Waals surface area contributed by atoms with Crippen molar-refractivity contribution in [2.24, 2.45) is 0 Å². The van der Waals surface area contributed by atoms with Crippen molar-refractivity contribution in [3.05, 3.63) is 67.2 Å². The molecule has 0 aliphatic rings. The fourth-order valence-electron chi connectivity index (χ4n) is 2.03. The second-order valence-electron chi connectivity index (χ2n) is 4.52. The minimum Gasteiger partial charge on any atom is -0.113 e. The fraction of sp³-hybridized carbons (Fsp3) is 0.250. The molecule has 0 bridgehead atoms. The molecule has 0 aliphatic heterocycles. The van der Waals surface area contributed by atoms with Crippen LogP contribution in [-0.4, -0.2) is 0 Å². The summed E-state index contributed by atoms with van der Waals surface area (Å²) in [5.74, 6) is 0. The SMILES string of the molecule is CCCc1ccc(C(Cl)c2cc(Br)ccc2I)cc1. The van der Waals surface area contributed by atoms with E-state index in [1.54, 1.807) is 0 Å². The van der Waals surface area contributed by atoms with Gasteiger partial charge < -0.3 is 0 Å². The summed E-state index contributed by atoms with van der Waals surface area (Å²) in [5.41, 5.74) is 3.68.